The molecule has 0 radical (unpaired) electrons. The van der Waals surface area contributed by atoms with E-state index in [1.165, 1.54) is 10.5 Å². The maximum atomic E-state index is 12.4. The first-order valence-corrected chi connectivity index (χ1v) is 6.93. The van der Waals surface area contributed by atoms with Crippen LogP contribution in [0.3, 0.4) is 0 Å². The average Bonchev–Trinajstić information content (AvgIpc) is 2.76. The molecule has 1 aromatic heterocycles. The van der Waals surface area contributed by atoms with Crippen LogP contribution in [0.1, 0.15) is 25.0 Å². The van der Waals surface area contributed by atoms with Crippen LogP contribution in [0, 0.1) is 18.3 Å². The average molecular weight is 254 g/mol. The van der Waals surface area contributed by atoms with Crippen molar-refractivity contribution in [3.63, 3.8) is 0 Å². The number of aromatic amines is 1. The molecule has 6 nitrogen and oxygen atoms in total. The van der Waals surface area contributed by atoms with Crippen LogP contribution < -0.4 is 0 Å². The van der Waals surface area contributed by atoms with Gasteiger partial charge in [0.05, 0.1) is 18.0 Å². The maximum Gasteiger partial charge on any atom is 0.247 e. The molecular weight excluding hydrogens is 240 g/mol. The van der Waals surface area contributed by atoms with E-state index in [1.54, 1.807) is 6.92 Å². The van der Waals surface area contributed by atoms with E-state index in [2.05, 4.69) is 16.3 Å². The van der Waals surface area contributed by atoms with Gasteiger partial charge in [-0.15, -0.1) is 0 Å². The van der Waals surface area contributed by atoms with Gasteiger partial charge in [0.15, 0.2) is 0 Å². The quantitative estimate of drug-likeness (QED) is 0.844. The summed E-state index contributed by atoms with van der Waals surface area (Å²) >= 11 is 0. The molecule has 1 aliphatic rings. The molecule has 0 aromatic carbocycles. The molecule has 0 aliphatic carbocycles. The monoisotopic (exact) mass is 254 g/mol. The predicted octanol–water partition coefficient (Wildman–Crippen LogP) is 0.785. The number of hydrogen-bond acceptors (Lipinski definition) is 4. The minimum atomic E-state index is -3.59. The summed E-state index contributed by atoms with van der Waals surface area (Å²) in [7, 11) is -3.59. The normalized spacial score (nSPS) is 22.2. The number of sulfonamides is 1. The Labute approximate surface area is 100 Å². The van der Waals surface area contributed by atoms with Crippen molar-refractivity contribution in [3.05, 3.63) is 11.9 Å². The third-order valence-corrected chi connectivity index (χ3v) is 4.99. The van der Waals surface area contributed by atoms with Crippen molar-refractivity contribution in [1.29, 1.82) is 5.26 Å². The van der Waals surface area contributed by atoms with Gasteiger partial charge in [-0.2, -0.15) is 14.7 Å². The van der Waals surface area contributed by atoms with Crippen LogP contribution >= 0.6 is 0 Å². The number of aromatic nitrogens is 2. The second-order valence-electron chi connectivity index (χ2n) is 4.12. The molecule has 1 aliphatic heterocycles. The molecule has 1 atom stereocenters. The lowest BCUT2D eigenvalue weighted by Gasteiger charge is -2.29. The van der Waals surface area contributed by atoms with Crippen molar-refractivity contribution in [2.45, 2.75) is 37.1 Å². The van der Waals surface area contributed by atoms with Crippen LogP contribution in [0.25, 0.3) is 0 Å². The fourth-order valence-corrected chi connectivity index (χ4v) is 3.78. The lowest BCUT2D eigenvalue weighted by Crippen LogP contribution is -2.42. The predicted molar refractivity (Wildman–Crippen MR) is 60.5 cm³/mol. The summed E-state index contributed by atoms with van der Waals surface area (Å²) in [4.78, 5) is 0.166. The number of rotatable bonds is 2. The van der Waals surface area contributed by atoms with Crippen LogP contribution in [0.5, 0.6) is 0 Å². The van der Waals surface area contributed by atoms with Gasteiger partial charge in [0.2, 0.25) is 10.0 Å². The summed E-state index contributed by atoms with van der Waals surface area (Å²) in [5, 5.41) is 15.3. The van der Waals surface area contributed by atoms with Gasteiger partial charge in [0.1, 0.15) is 10.9 Å². The van der Waals surface area contributed by atoms with Crippen molar-refractivity contribution in [2.75, 3.05) is 6.54 Å². The van der Waals surface area contributed by atoms with Gasteiger partial charge in [-0.3, -0.25) is 5.10 Å². The molecule has 1 aromatic rings. The van der Waals surface area contributed by atoms with Crippen molar-refractivity contribution in [2.24, 2.45) is 0 Å². The van der Waals surface area contributed by atoms with E-state index in [1.807, 2.05) is 0 Å². The van der Waals surface area contributed by atoms with Gasteiger partial charge >= 0.3 is 0 Å². The molecule has 1 unspecified atom stereocenters. The lowest BCUT2D eigenvalue weighted by molar-refractivity contribution is 0.297. The van der Waals surface area contributed by atoms with Gasteiger partial charge in [-0.25, -0.2) is 8.42 Å². The Bertz CT molecular complexity index is 543. The maximum absolute atomic E-state index is 12.4. The van der Waals surface area contributed by atoms with Crippen molar-refractivity contribution < 1.29 is 8.42 Å². The fourth-order valence-electron chi connectivity index (χ4n) is 2.05. The van der Waals surface area contributed by atoms with E-state index in [0.717, 1.165) is 12.8 Å². The second kappa shape index (κ2) is 4.47. The summed E-state index contributed by atoms with van der Waals surface area (Å²) in [6.45, 7) is 2.07. The Morgan fingerprint density at radius 2 is 2.35 bits per heavy atom. The highest BCUT2D eigenvalue weighted by Crippen LogP contribution is 2.25. The minimum Gasteiger partial charge on any atom is -0.281 e. The molecule has 0 amide bonds. The molecule has 17 heavy (non-hydrogen) atoms. The van der Waals surface area contributed by atoms with E-state index in [-0.39, 0.29) is 4.90 Å². The summed E-state index contributed by atoms with van der Waals surface area (Å²) in [5.74, 6) is 0. The third-order valence-electron chi connectivity index (χ3n) is 2.97. The summed E-state index contributed by atoms with van der Waals surface area (Å²) in [6, 6.07) is 1.50. The first-order valence-electron chi connectivity index (χ1n) is 5.49. The van der Waals surface area contributed by atoms with Crippen molar-refractivity contribution >= 4 is 10.0 Å². The van der Waals surface area contributed by atoms with Crippen LogP contribution in [-0.4, -0.2) is 35.5 Å². The van der Waals surface area contributed by atoms with Crippen molar-refractivity contribution in [3.8, 4) is 6.07 Å². The van der Waals surface area contributed by atoms with E-state index < -0.39 is 16.1 Å². The number of piperidine rings is 1. The van der Waals surface area contributed by atoms with E-state index in [9.17, 15) is 8.42 Å². The Balaban J connectivity index is 2.39. The van der Waals surface area contributed by atoms with Gasteiger partial charge in [-0.05, 0) is 26.2 Å². The number of aryl methyl sites for hydroxylation is 1. The summed E-state index contributed by atoms with van der Waals surface area (Å²) < 4.78 is 26.0. The highest BCUT2D eigenvalue weighted by Gasteiger charge is 2.34. The second-order valence-corrected chi connectivity index (χ2v) is 5.97. The first kappa shape index (κ1) is 12.1. The SMILES string of the molecule is Cc1[nH]ncc1S(=O)(=O)N1CCCCC1C#N. The fraction of sp³-hybridized carbons (Fsp3) is 0.600. The molecule has 0 spiro atoms. The van der Waals surface area contributed by atoms with Gasteiger partial charge < -0.3 is 0 Å². The largest absolute Gasteiger partial charge is 0.281 e. The molecule has 1 N–H and O–H groups in total. The molecule has 0 bridgehead atoms. The number of nitrogens with one attached hydrogen (secondary N) is 1. The van der Waals surface area contributed by atoms with E-state index in [0.29, 0.717) is 18.7 Å². The van der Waals surface area contributed by atoms with E-state index in [4.69, 9.17) is 5.26 Å². The van der Waals surface area contributed by atoms with Crippen LogP contribution in [0.15, 0.2) is 11.1 Å². The van der Waals surface area contributed by atoms with Crippen LogP contribution in [-0.2, 0) is 10.0 Å². The first-order chi connectivity index (χ1) is 8.07. The molecule has 1 saturated heterocycles. The zero-order valence-corrected chi connectivity index (χ0v) is 10.4. The Morgan fingerprint density at radius 3 is 2.94 bits per heavy atom. The van der Waals surface area contributed by atoms with Gasteiger partial charge in [-0.1, -0.05) is 0 Å². The Hall–Kier alpha value is -1.39. The lowest BCUT2D eigenvalue weighted by atomic mass is 10.1. The molecule has 92 valence electrons. The highest BCUT2D eigenvalue weighted by atomic mass is 32.2. The van der Waals surface area contributed by atoms with E-state index >= 15 is 0 Å². The Morgan fingerprint density at radius 1 is 1.59 bits per heavy atom. The zero-order valence-electron chi connectivity index (χ0n) is 9.55. The Kier molecular flexibility index (Phi) is 3.17. The van der Waals surface area contributed by atoms with Crippen LogP contribution in [0.4, 0.5) is 0 Å². The number of hydrogen-bond donors (Lipinski definition) is 1. The number of H-pyrrole nitrogens is 1. The number of nitriles is 1. The van der Waals surface area contributed by atoms with Crippen molar-refractivity contribution in [1.82, 2.24) is 14.5 Å². The molecular formula is C10H14N4O2S. The molecule has 0 saturated carbocycles. The van der Waals surface area contributed by atoms with Gasteiger partial charge in [0, 0.05) is 6.54 Å². The molecule has 2 rings (SSSR count). The third kappa shape index (κ3) is 2.06. The summed E-state index contributed by atoms with van der Waals surface area (Å²) in [5.41, 5.74) is 0.507. The standard InChI is InChI=1S/C10H14N4O2S/c1-8-10(7-12-13-8)17(15,16)14-5-3-2-4-9(14)6-11/h7,9H,2-5H2,1H3,(H,12,13). The minimum absolute atomic E-state index is 0.166. The molecule has 7 heteroatoms. The van der Waals surface area contributed by atoms with Gasteiger partial charge in [0.25, 0.3) is 0 Å². The topological polar surface area (TPSA) is 89.8 Å². The molecule has 1 fully saturated rings. The summed E-state index contributed by atoms with van der Waals surface area (Å²) in [6.07, 6.45) is 3.60. The number of nitrogens with zero attached hydrogens (tertiary/aromatic N) is 3. The smallest absolute Gasteiger partial charge is 0.247 e. The molecule has 2 heterocycles. The van der Waals surface area contributed by atoms with Crippen LogP contribution in [0.2, 0.25) is 0 Å². The highest BCUT2D eigenvalue weighted by molar-refractivity contribution is 7.89. The zero-order chi connectivity index (χ0) is 12.5.